The van der Waals surface area contributed by atoms with E-state index in [4.69, 9.17) is 11.6 Å². The Hall–Kier alpha value is -0.760. The van der Waals surface area contributed by atoms with Crippen molar-refractivity contribution in [3.05, 3.63) is 29.3 Å². The molecule has 54 valence electrons. The lowest BCUT2D eigenvalue weighted by Crippen LogP contribution is -1.93. The lowest BCUT2D eigenvalue weighted by atomic mass is 10.3. The Morgan fingerprint density at radius 2 is 1.90 bits per heavy atom. The molecule has 0 spiro atoms. The van der Waals surface area contributed by atoms with Gasteiger partial charge in [-0.15, -0.1) is 0 Å². The first-order valence-electron chi connectivity index (χ1n) is 2.88. The quantitative estimate of drug-likeness (QED) is 0.655. The van der Waals surface area contributed by atoms with Gasteiger partial charge in [-0.1, -0.05) is 11.6 Å². The number of halogens is 2. The number of anilines is 1. The third-order valence-corrected chi connectivity index (χ3v) is 1.37. The maximum absolute atomic E-state index is 11.6. The monoisotopic (exact) mass is 159 g/mol. The van der Waals surface area contributed by atoms with Gasteiger partial charge in [0.2, 0.25) is 0 Å². The molecule has 0 aliphatic rings. The minimum Gasteiger partial charge on any atom is -0.359 e. The zero-order valence-corrected chi connectivity index (χ0v) is 6.03. The highest BCUT2D eigenvalue weighted by Gasteiger charge is 1.88. The van der Waals surface area contributed by atoms with Gasteiger partial charge in [0, 0.05) is 10.7 Å². The predicted octanol–water partition coefficient (Wildman–Crippen LogP) is 2.68. The van der Waals surface area contributed by atoms with Gasteiger partial charge in [-0.3, -0.25) is 0 Å². The molecule has 0 unspecified atom stereocenters. The zero-order chi connectivity index (χ0) is 7.40. The third-order valence-electron chi connectivity index (χ3n) is 1.12. The van der Waals surface area contributed by atoms with Crippen molar-refractivity contribution in [1.29, 1.82) is 0 Å². The molecule has 0 radical (unpaired) electrons. The fourth-order valence-electron chi connectivity index (χ4n) is 0.645. The van der Waals surface area contributed by atoms with Gasteiger partial charge in [-0.2, -0.15) is 0 Å². The molecule has 1 N–H and O–H groups in total. The van der Waals surface area contributed by atoms with E-state index in [1.54, 1.807) is 24.3 Å². The first-order chi connectivity index (χ1) is 4.83. The average molecular weight is 160 g/mol. The van der Waals surface area contributed by atoms with Crippen LogP contribution in [0.25, 0.3) is 0 Å². The maximum atomic E-state index is 11.6. The Morgan fingerprint density at radius 3 is 2.40 bits per heavy atom. The molecule has 0 saturated heterocycles. The molecule has 0 aliphatic carbocycles. The van der Waals surface area contributed by atoms with E-state index in [-0.39, 0.29) is 0 Å². The van der Waals surface area contributed by atoms with Crippen LogP contribution in [0.3, 0.4) is 0 Å². The lowest BCUT2D eigenvalue weighted by molar-refractivity contribution is 0.536. The number of hydrogen-bond acceptors (Lipinski definition) is 1. The topological polar surface area (TPSA) is 12.0 Å². The Kier molecular flexibility index (Phi) is 2.51. The van der Waals surface area contributed by atoms with Crippen molar-refractivity contribution in [2.75, 3.05) is 12.1 Å². The molecule has 0 bridgehead atoms. The van der Waals surface area contributed by atoms with E-state index in [9.17, 15) is 4.39 Å². The summed E-state index contributed by atoms with van der Waals surface area (Å²) < 4.78 is 11.6. The van der Waals surface area contributed by atoms with Gasteiger partial charge < -0.3 is 5.32 Å². The molecule has 0 heterocycles. The van der Waals surface area contributed by atoms with Crippen molar-refractivity contribution in [2.45, 2.75) is 0 Å². The molecule has 0 aromatic heterocycles. The smallest absolute Gasteiger partial charge is 0.159 e. The van der Waals surface area contributed by atoms with Crippen LogP contribution in [0.5, 0.6) is 0 Å². The summed E-state index contributed by atoms with van der Waals surface area (Å²) in [5, 5.41) is 3.17. The number of hydrogen-bond donors (Lipinski definition) is 1. The Morgan fingerprint density at radius 1 is 1.30 bits per heavy atom. The molecule has 0 atom stereocenters. The van der Waals surface area contributed by atoms with Gasteiger partial charge in [0.1, 0.15) is 0 Å². The van der Waals surface area contributed by atoms with Crippen LogP contribution in [0, 0.1) is 0 Å². The van der Waals surface area contributed by atoms with Gasteiger partial charge in [-0.25, -0.2) is 4.39 Å². The van der Waals surface area contributed by atoms with E-state index in [1.807, 2.05) is 0 Å². The van der Waals surface area contributed by atoms with E-state index < -0.39 is 6.80 Å². The van der Waals surface area contributed by atoms with Crippen molar-refractivity contribution in [2.24, 2.45) is 0 Å². The zero-order valence-electron chi connectivity index (χ0n) is 5.27. The molecule has 1 rings (SSSR count). The summed E-state index contributed by atoms with van der Waals surface area (Å²) in [6, 6.07) is 6.86. The molecule has 0 fully saturated rings. The van der Waals surface area contributed by atoms with Crippen LogP contribution in [0.1, 0.15) is 0 Å². The molecule has 10 heavy (non-hydrogen) atoms. The number of alkyl halides is 1. The highest BCUT2D eigenvalue weighted by Crippen LogP contribution is 2.12. The second kappa shape index (κ2) is 3.42. The summed E-state index contributed by atoms with van der Waals surface area (Å²) >= 11 is 5.59. The average Bonchev–Trinajstić information content (AvgIpc) is 1.95. The van der Waals surface area contributed by atoms with E-state index >= 15 is 0 Å². The summed E-state index contributed by atoms with van der Waals surface area (Å²) in [5.41, 5.74) is 0.743. The van der Waals surface area contributed by atoms with Crippen LogP contribution in [-0.2, 0) is 0 Å². The van der Waals surface area contributed by atoms with Crippen molar-refractivity contribution < 1.29 is 4.39 Å². The fraction of sp³-hybridized carbons (Fsp3) is 0.143. The number of rotatable bonds is 2. The molecule has 3 heteroatoms. The van der Waals surface area contributed by atoms with Gasteiger partial charge in [0.15, 0.2) is 6.80 Å². The van der Waals surface area contributed by atoms with Crippen LogP contribution < -0.4 is 5.32 Å². The van der Waals surface area contributed by atoms with E-state index in [0.29, 0.717) is 5.02 Å². The summed E-state index contributed by atoms with van der Waals surface area (Å²) in [4.78, 5) is 0. The highest BCUT2D eigenvalue weighted by atomic mass is 35.5. The van der Waals surface area contributed by atoms with Crippen LogP contribution in [0.2, 0.25) is 5.02 Å². The van der Waals surface area contributed by atoms with Gasteiger partial charge in [-0.05, 0) is 24.3 Å². The number of benzene rings is 1. The van der Waals surface area contributed by atoms with Gasteiger partial charge in [0.25, 0.3) is 0 Å². The van der Waals surface area contributed by atoms with Gasteiger partial charge in [0.05, 0.1) is 0 Å². The van der Waals surface area contributed by atoms with Crippen molar-refractivity contribution >= 4 is 17.3 Å². The van der Waals surface area contributed by atoms with Crippen molar-refractivity contribution in [3.8, 4) is 0 Å². The van der Waals surface area contributed by atoms with Crippen molar-refractivity contribution in [3.63, 3.8) is 0 Å². The summed E-state index contributed by atoms with van der Waals surface area (Å²) in [6.45, 7) is -0.554. The first kappa shape index (κ1) is 7.35. The molecule has 1 aromatic rings. The predicted molar refractivity (Wildman–Crippen MR) is 41.0 cm³/mol. The molecule has 0 aliphatic heterocycles. The third kappa shape index (κ3) is 1.88. The molecule has 1 aromatic carbocycles. The van der Waals surface area contributed by atoms with Crippen LogP contribution in [0.15, 0.2) is 24.3 Å². The van der Waals surface area contributed by atoms with E-state index in [2.05, 4.69) is 5.32 Å². The SMILES string of the molecule is FCNc1ccc(Cl)cc1. The van der Waals surface area contributed by atoms with Crippen LogP contribution in [0.4, 0.5) is 10.1 Å². The maximum Gasteiger partial charge on any atom is 0.159 e. The Labute approximate surface area is 63.8 Å². The lowest BCUT2D eigenvalue weighted by Gasteiger charge is -1.98. The summed E-state index contributed by atoms with van der Waals surface area (Å²) in [7, 11) is 0. The Balaban J connectivity index is 2.69. The standard InChI is InChI=1S/C7H7ClFN/c8-6-1-3-7(4-2-6)10-5-9/h1-4,10H,5H2. The molecule has 0 saturated carbocycles. The summed E-state index contributed by atoms with van der Waals surface area (Å²) in [6.07, 6.45) is 0. The minimum absolute atomic E-state index is 0.554. The molecular formula is C7H7ClFN. The number of nitrogens with one attached hydrogen (secondary N) is 1. The normalized spacial score (nSPS) is 9.40. The summed E-state index contributed by atoms with van der Waals surface area (Å²) in [5.74, 6) is 0. The highest BCUT2D eigenvalue weighted by molar-refractivity contribution is 6.30. The first-order valence-corrected chi connectivity index (χ1v) is 3.26. The second-order valence-electron chi connectivity index (χ2n) is 1.82. The largest absolute Gasteiger partial charge is 0.359 e. The Bertz CT molecular complexity index is 197. The second-order valence-corrected chi connectivity index (χ2v) is 2.25. The van der Waals surface area contributed by atoms with E-state index in [1.165, 1.54) is 0 Å². The minimum atomic E-state index is -0.554. The fourth-order valence-corrected chi connectivity index (χ4v) is 0.771. The molecule has 1 nitrogen and oxygen atoms in total. The molecule has 0 amide bonds. The van der Waals surface area contributed by atoms with E-state index in [0.717, 1.165) is 5.69 Å². The van der Waals surface area contributed by atoms with Crippen LogP contribution in [-0.4, -0.2) is 6.80 Å². The molecular weight excluding hydrogens is 153 g/mol. The van der Waals surface area contributed by atoms with Crippen LogP contribution >= 0.6 is 11.6 Å². The van der Waals surface area contributed by atoms with Crippen molar-refractivity contribution in [1.82, 2.24) is 0 Å². The van der Waals surface area contributed by atoms with Gasteiger partial charge >= 0.3 is 0 Å².